The van der Waals surface area contributed by atoms with Crippen LogP contribution in [0.25, 0.3) is 0 Å². The van der Waals surface area contributed by atoms with Gasteiger partial charge in [-0.3, -0.25) is 4.79 Å². The topological polar surface area (TPSA) is 76.2 Å². The van der Waals surface area contributed by atoms with Crippen LogP contribution in [0.5, 0.6) is 0 Å². The molecular weight excluding hydrogens is 333 g/mol. The van der Waals surface area contributed by atoms with E-state index in [2.05, 4.69) is 4.98 Å². The minimum Gasteiger partial charge on any atom is -0.481 e. The van der Waals surface area contributed by atoms with E-state index in [0.29, 0.717) is 9.26 Å². The fourth-order valence-corrected chi connectivity index (χ4v) is 1.93. The number of hydrogen-bond acceptors (Lipinski definition) is 3. The second-order valence-electron chi connectivity index (χ2n) is 3.04. The molecule has 0 spiro atoms. The molecule has 0 amide bonds. The van der Waals surface area contributed by atoms with Gasteiger partial charge in [0.1, 0.15) is 5.69 Å². The Kier molecular flexibility index (Phi) is 4.54. The third-order valence-electron chi connectivity index (χ3n) is 1.90. The van der Waals surface area contributed by atoms with E-state index in [1.807, 2.05) is 22.6 Å². The molecular formula is C9H9F2IN2O2. The molecule has 7 heteroatoms. The number of alkyl halides is 2. The van der Waals surface area contributed by atoms with Crippen LogP contribution in [-0.4, -0.2) is 16.1 Å². The number of aromatic nitrogens is 1. The van der Waals surface area contributed by atoms with Gasteiger partial charge in [-0.1, -0.05) is 0 Å². The molecule has 0 aliphatic rings. The van der Waals surface area contributed by atoms with Crippen LogP contribution in [0.1, 0.15) is 23.4 Å². The van der Waals surface area contributed by atoms with Crippen LogP contribution in [0, 0.1) is 3.57 Å². The molecule has 0 saturated carbocycles. The molecule has 16 heavy (non-hydrogen) atoms. The molecule has 0 atom stereocenters. The van der Waals surface area contributed by atoms with Crippen molar-refractivity contribution in [3.05, 3.63) is 26.6 Å². The van der Waals surface area contributed by atoms with Crippen LogP contribution in [0.4, 0.5) is 8.78 Å². The van der Waals surface area contributed by atoms with Crippen molar-refractivity contribution in [2.75, 3.05) is 0 Å². The van der Waals surface area contributed by atoms with Gasteiger partial charge in [0.2, 0.25) is 0 Å². The quantitative estimate of drug-likeness (QED) is 0.817. The van der Waals surface area contributed by atoms with Gasteiger partial charge in [0, 0.05) is 10.1 Å². The molecule has 1 heterocycles. The predicted molar refractivity (Wildman–Crippen MR) is 61.1 cm³/mol. The largest absolute Gasteiger partial charge is 0.481 e. The molecule has 0 unspecified atom stereocenters. The van der Waals surface area contributed by atoms with Crippen LogP contribution in [-0.2, 0) is 17.8 Å². The molecule has 0 radical (unpaired) electrons. The Morgan fingerprint density at radius 3 is 2.69 bits per heavy atom. The smallest absolute Gasteiger partial charge is 0.307 e. The number of pyridine rings is 1. The van der Waals surface area contributed by atoms with Crippen LogP contribution in [0.2, 0.25) is 0 Å². The van der Waals surface area contributed by atoms with Gasteiger partial charge < -0.3 is 10.8 Å². The van der Waals surface area contributed by atoms with E-state index in [1.54, 1.807) is 0 Å². The van der Waals surface area contributed by atoms with Crippen LogP contribution >= 0.6 is 22.6 Å². The maximum Gasteiger partial charge on any atom is 0.307 e. The molecule has 1 rings (SSSR count). The molecule has 0 aliphatic heterocycles. The summed E-state index contributed by atoms with van der Waals surface area (Å²) in [7, 11) is 0. The fraction of sp³-hybridized carbons (Fsp3) is 0.333. The van der Waals surface area contributed by atoms with Crippen molar-refractivity contribution in [3.63, 3.8) is 0 Å². The number of carbonyl (C=O) groups is 1. The van der Waals surface area contributed by atoms with E-state index in [1.165, 1.54) is 6.07 Å². The van der Waals surface area contributed by atoms with Gasteiger partial charge in [-0.05, 0) is 34.2 Å². The molecule has 1 aromatic heterocycles. The highest BCUT2D eigenvalue weighted by atomic mass is 127. The van der Waals surface area contributed by atoms with E-state index in [9.17, 15) is 13.6 Å². The third kappa shape index (κ3) is 3.08. The summed E-state index contributed by atoms with van der Waals surface area (Å²) in [4.78, 5) is 14.2. The van der Waals surface area contributed by atoms with Gasteiger partial charge in [0.05, 0.1) is 12.1 Å². The molecule has 1 aromatic rings. The van der Waals surface area contributed by atoms with Crippen LogP contribution < -0.4 is 5.73 Å². The highest BCUT2D eigenvalue weighted by Crippen LogP contribution is 2.24. The highest BCUT2D eigenvalue weighted by molar-refractivity contribution is 14.1. The van der Waals surface area contributed by atoms with Crippen LogP contribution in [0.15, 0.2) is 6.07 Å². The zero-order valence-electron chi connectivity index (χ0n) is 8.08. The van der Waals surface area contributed by atoms with Crippen molar-refractivity contribution in [3.8, 4) is 0 Å². The van der Waals surface area contributed by atoms with Gasteiger partial charge in [0.15, 0.2) is 0 Å². The summed E-state index contributed by atoms with van der Waals surface area (Å²) in [5, 5.41) is 8.59. The number of nitrogens with zero attached hydrogens (tertiary/aromatic N) is 1. The lowest BCUT2D eigenvalue weighted by atomic mass is 10.1. The summed E-state index contributed by atoms with van der Waals surface area (Å²) in [6, 6.07) is 1.39. The number of rotatable bonds is 4. The lowest BCUT2D eigenvalue weighted by molar-refractivity contribution is -0.136. The first-order valence-electron chi connectivity index (χ1n) is 4.34. The molecule has 0 fully saturated rings. The summed E-state index contributed by atoms with van der Waals surface area (Å²) in [6.07, 6.45) is -3.26. The zero-order valence-corrected chi connectivity index (χ0v) is 10.2. The van der Waals surface area contributed by atoms with Gasteiger partial charge in [-0.15, -0.1) is 0 Å². The monoisotopic (exact) mass is 342 g/mol. The van der Waals surface area contributed by atoms with E-state index < -0.39 is 24.5 Å². The molecule has 0 aromatic carbocycles. The normalized spacial score (nSPS) is 10.8. The number of nitrogens with two attached hydrogens (primary N) is 1. The average Bonchev–Trinajstić information content (AvgIpc) is 2.16. The number of carboxylic acids is 1. The zero-order chi connectivity index (χ0) is 12.3. The van der Waals surface area contributed by atoms with Gasteiger partial charge >= 0.3 is 5.97 Å². The molecule has 88 valence electrons. The van der Waals surface area contributed by atoms with Crippen molar-refractivity contribution in [1.82, 2.24) is 4.98 Å². The Bertz CT molecular complexity index is 413. The second kappa shape index (κ2) is 5.48. The van der Waals surface area contributed by atoms with Crippen molar-refractivity contribution in [2.45, 2.75) is 19.4 Å². The van der Waals surface area contributed by atoms with Crippen molar-refractivity contribution in [1.29, 1.82) is 0 Å². The van der Waals surface area contributed by atoms with Crippen molar-refractivity contribution < 1.29 is 18.7 Å². The Labute approximate surface area is 104 Å². The maximum atomic E-state index is 12.6. The Balaban J connectivity index is 3.24. The molecule has 4 nitrogen and oxygen atoms in total. The van der Waals surface area contributed by atoms with Gasteiger partial charge in [0.25, 0.3) is 6.43 Å². The lowest BCUT2D eigenvalue weighted by Crippen LogP contribution is -2.11. The van der Waals surface area contributed by atoms with Crippen LogP contribution in [0.3, 0.4) is 0 Å². The first kappa shape index (κ1) is 13.2. The fourth-order valence-electron chi connectivity index (χ4n) is 1.22. The molecule has 0 aliphatic carbocycles. The summed E-state index contributed by atoms with van der Waals surface area (Å²) in [5.74, 6) is -1.17. The van der Waals surface area contributed by atoms with Gasteiger partial charge in [-0.2, -0.15) is 0 Å². The van der Waals surface area contributed by atoms with Crippen molar-refractivity contribution >= 4 is 28.6 Å². The Morgan fingerprint density at radius 1 is 1.62 bits per heavy atom. The van der Waals surface area contributed by atoms with Gasteiger partial charge in [-0.25, -0.2) is 13.8 Å². The minimum absolute atomic E-state index is 0.0316. The molecule has 3 N–H and O–H groups in total. The van der Waals surface area contributed by atoms with E-state index in [0.717, 1.165) is 0 Å². The summed E-state index contributed by atoms with van der Waals surface area (Å²) < 4.78 is 25.9. The Hall–Kier alpha value is -0.830. The van der Waals surface area contributed by atoms with E-state index >= 15 is 0 Å². The second-order valence-corrected chi connectivity index (χ2v) is 4.20. The summed E-state index contributed by atoms with van der Waals surface area (Å²) in [5.41, 5.74) is 5.23. The van der Waals surface area contributed by atoms with E-state index in [-0.39, 0.29) is 12.1 Å². The number of carboxylic acid groups (broad SMARTS) is 1. The number of aliphatic carboxylic acids is 1. The summed E-state index contributed by atoms with van der Waals surface area (Å²) in [6.45, 7) is 0.0470. The average molecular weight is 342 g/mol. The SMILES string of the molecule is NCc1nc(C(F)F)c(CC(=O)O)cc1I. The molecule has 0 saturated heterocycles. The number of hydrogen-bond donors (Lipinski definition) is 2. The third-order valence-corrected chi connectivity index (χ3v) is 2.84. The number of halogens is 3. The Morgan fingerprint density at radius 2 is 2.25 bits per heavy atom. The first-order valence-corrected chi connectivity index (χ1v) is 5.41. The lowest BCUT2D eigenvalue weighted by Gasteiger charge is -2.10. The molecule has 0 bridgehead atoms. The predicted octanol–water partition coefficient (Wildman–Crippen LogP) is 1.71. The van der Waals surface area contributed by atoms with E-state index in [4.69, 9.17) is 10.8 Å². The minimum atomic E-state index is -2.79. The first-order chi connectivity index (χ1) is 7.45. The summed E-state index contributed by atoms with van der Waals surface area (Å²) >= 11 is 1.89. The standard InChI is InChI=1S/C9H9F2IN2O2/c10-9(11)8-4(2-7(15)16)1-5(12)6(3-13)14-8/h1,9H,2-3,13H2,(H,15,16). The maximum absolute atomic E-state index is 12.6. The van der Waals surface area contributed by atoms with Crippen molar-refractivity contribution in [2.24, 2.45) is 5.73 Å². The highest BCUT2D eigenvalue weighted by Gasteiger charge is 2.19.